The number of nitrogens with one attached hydrogen (secondary N) is 1. The van der Waals surface area contributed by atoms with Crippen molar-refractivity contribution in [1.29, 1.82) is 0 Å². The molecule has 3 rings (SSSR count). The minimum atomic E-state index is -1.24. The van der Waals surface area contributed by atoms with Crippen LogP contribution in [0.3, 0.4) is 0 Å². The molecule has 1 N–H and O–H groups in total. The zero-order valence-electron chi connectivity index (χ0n) is 33.0. The van der Waals surface area contributed by atoms with Gasteiger partial charge in [0.05, 0.1) is 5.92 Å². The Hall–Kier alpha value is -4.40. The van der Waals surface area contributed by atoms with E-state index in [1.165, 1.54) is 28.8 Å². The molecule has 1 aromatic carbocycles. The average Bonchev–Trinajstić information content (AvgIpc) is 3.63. The Bertz CT molecular complexity index is 1490. The summed E-state index contributed by atoms with van der Waals surface area (Å²) < 4.78 is 12.1. The first-order valence-electron chi connectivity index (χ1n) is 19.1. The van der Waals surface area contributed by atoms with E-state index < -0.39 is 89.7 Å². The maximum Gasteiger partial charge on any atom is 0.329 e. The Labute approximate surface area is 315 Å². The summed E-state index contributed by atoms with van der Waals surface area (Å²) >= 11 is 0. The molecule has 2 fully saturated rings. The van der Waals surface area contributed by atoms with E-state index in [1.807, 2.05) is 44.2 Å². The van der Waals surface area contributed by atoms with E-state index in [4.69, 9.17) is 15.9 Å². The minimum absolute atomic E-state index is 0.0932. The third-order valence-electron chi connectivity index (χ3n) is 10.7. The fraction of sp³-hybridized carbons (Fsp3) is 0.659. The minimum Gasteiger partial charge on any atom is -0.460 e. The summed E-state index contributed by atoms with van der Waals surface area (Å²) in [6.45, 7) is 12.7. The third-order valence-corrected chi connectivity index (χ3v) is 10.7. The molecule has 0 aromatic heterocycles. The van der Waals surface area contributed by atoms with Crippen LogP contribution in [0.5, 0.6) is 0 Å². The van der Waals surface area contributed by atoms with Gasteiger partial charge in [-0.3, -0.25) is 19.2 Å². The highest BCUT2D eigenvalue weighted by Gasteiger charge is 2.45. The number of unbranched alkanes of at least 4 members (excludes halogenated alkanes) is 1. The monoisotopic (exact) mass is 736 g/mol. The zero-order chi connectivity index (χ0) is 39.6. The topological polar surface area (TPSA) is 143 Å². The van der Waals surface area contributed by atoms with Crippen molar-refractivity contribution in [3.63, 3.8) is 0 Å². The van der Waals surface area contributed by atoms with Gasteiger partial charge in [-0.15, -0.1) is 12.3 Å². The Morgan fingerprint density at radius 3 is 2.13 bits per heavy atom. The SMILES string of the molecule is C#CCCCC1OC(=O)[C@H](C(C)CC)N(C)C(=O)[C@@H]2CCCN2C(=O)[C@H](C(C)C)OC(=O)C(Cc2ccccc2)N(C)C(=O)[C@H](C(C)C)NC(=O)C1C. The summed E-state index contributed by atoms with van der Waals surface area (Å²) in [5, 5.41) is 2.88. The van der Waals surface area contributed by atoms with E-state index in [-0.39, 0.29) is 25.3 Å². The van der Waals surface area contributed by atoms with Crippen LogP contribution in [0.1, 0.15) is 92.6 Å². The third kappa shape index (κ3) is 10.6. The van der Waals surface area contributed by atoms with Crippen LogP contribution < -0.4 is 5.32 Å². The van der Waals surface area contributed by atoms with Crippen LogP contribution in [0.2, 0.25) is 0 Å². The fourth-order valence-electron chi connectivity index (χ4n) is 7.08. The molecule has 2 saturated heterocycles. The maximum absolute atomic E-state index is 14.3. The number of terminal acetylenes is 1. The van der Waals surface area contributed by atoms with E-state index in [2.05, 4.69) is 11.2 Å². The van der Waals surface area contributed by atoms with Gasteiger partial charge in [-0.2, -0.15) is 0 Å². The molecule has 53 heavy (non-hydrogen) atoms. The molecule has 12 nitrogen and oxygen atoms in total. The van der Waals surface area contributed by atoms with Gasteiger partial charge >= 0.3 is 11.9 Å². The van der Waals surface area contributed by atoms with Crippen molar-refractivity contribution >= 4 is 35.6 Å². The molecule has 2 aliphatic heterocycles. The van der Waals surface area contributed by atoms with E-state index in [0.29, 0.717) is 32.1 Å². The van der Waals surface area contributed by atoms with Crippen molar-refractivity contribution in [1.82, 2.24) is 20.0 Å². The van der Waals surface area contributed by atoms with Crippen LogP contribution in [0.4, 0.5) is 0 Å². The lowest BCUT2D eigenvalue weighted by molar-refractivity contribution is -0.171. The van der Waals surface area contributed by atoms with Crippen LogP contribution in [0.25, 0.3) is 0 Å². The predicted molar refractivity (Wildman–Crippen MR) is 201 cm³/mol. The Balaban J connectivity index is 2.18. The highest BCUT2D eigenvalue weighted by Crippen LogP contribution is 2.28. The van der Waals surface area contributed by atoms with Gasteiger partial charge in [0.1, 0.15) is 30.3 Å². The molecule has 2 heterocycles. The molecular weight excluding hydrogens is 676 g/mol. The molecular formula is C41H60N4O8. The van der Waals surface area contributed by atoms with Crippen LogP contribution in [0.15, 0.2) is 30.3 Å². The fourth-order valence-corrected chi connectivity index (χ4v) is 7.08. The second-order valence-corrected chi connectivity index (χ2v) is 15.3. The van der Waals surface area contributed by atoms with Crippen molar-refractivity contribution in [3.8, 4) is 12.3 Å². The number of nitrogens with zero attached hydrogens (tertiary/aromatic N) is 3. The molecule has 12 heteroatoms. The number of carbonyl (C=O) groups is 6. The number of cyclic esters (lactones) is 2. The number of ether oxygens (including phenoxy) is 2. The number of carbonyl (C=O) groups excluding carboxylic acids is 6. The molecule has 4 unspecified atom stereocenters. The van der Waals surface area contributed by atoms with Crippen molar-refractivity contribution in [3.05, 3.63) is 35.9 Å². The normalized spacial score (nSPS) is 27.7. The van der Waals surface area contributed by atoms with Crippen molar-refractivity contribution in [2.75, 3.05) is 20.6 Å². The summed E-state index contributed by atoms with van der Waals surface area (Å²) in [5.74, 6) is -2.90. The number of esters is 2. The van der Waals surface area contributed by atoms with Crippen LogP contribution >= 0.6 is 0 Å². The summed E-state index contributed by atoms with van der Waals surface area (Å²) in [6, 6.07) is 5.07. The standard InChI is InChI=1S/C41H60N4O8/c1-11-13-15-22-32-28(8)36(46)42-33(25(3)4)38(48)43(9)31(24-29-19-16-14-17-20-29)40(50)53-35(26(5)6)39(49)45-23-18-21-30(45)37(47)44(10)34(27(7)12-2)41(51)52-32/h1,14,16-17,19-20,25-28,30-35H,12-13,15,18,21-24H2,2-10H3,(H,42,46)/t27?,28?,30-,31?,32?,33-,34-,35-/m0/s1. The van der Waals surface area contributed by atoms with Crippen molar-refractivity contribution in [2.24, 2.45) is 23.7 Å². The molecule has 2 aliphatic rings. The van der Waals surface area contributed by atoms with Gasteiger partial charge in [0.15, 0.2) is 6.10 Å². The number of hydrogen-bond donors (Lipinski definition) is 1. The quantitative estimate of drug-likeness (QED) is 0.228. The van der Waals surface area contributed by atoms with Gasteiger partial charge < -0.3 is 29.5 Å². The number of likely N-dealkylation sites (N-methyl/N-ethyl adjacent to an activating group) is 2. The molecule has 0 radical (unpaired) electrons. The first kappa shape index (κ1) is 43.0. The second-order valence-electron chi connectivity index (χ2n) is 15.3. The first-order chi connectivity index (χ1) is 25.0. The first-order valence-corrected chi connectivity index (χ1v) is 19.1. The number of hydrogen-bond acceptors (Lipinski definition) is 8. The molecule has 0 saturated carbocycles. The van der Waals surface area contributed by atoms with Gasteiger partial charge in [-0.25, -0.2) is 9.59 Å². The molecule has 0 bridgehead atoms. The summed E-state index contributed by atoms with van der Waals surface area (Å²) in [5.41, 5.74) is 0.763. The lowest BCUT2D eigenvalue weighted by atomic mass is 9.94. The number of amides is 4. The lowest BCUT2D eigenvalue weighted by Crippen LogP contribution is -2.57. The van der Waals surface area contributed by atoms with Crippen LogP contribution in [-0.2, 0) is 44.7 Å². The molecule has 1 aromatic rings. The maximum atomic E-state index is 14.3. The second kappa shape index (κ2) is 19.6. The molecule has 8 atom stereocenters. The Morgan fingerprint density at radius 2 is 1.55 bits per heavy atom. The van der Waals surface area contributed by atoms with Gasteiger partial charge in [0.2, 0.25) is 17.7 Å². The molecule has 4 amide bonds. The van der Waals surface area contributed by atoms with E-state index >= 15 is 0 Å². The summed E-state index contributed by atoms with van der Waals surface area (Å²) in [6.07, 6.45) is 6.07. The van der Waals surface area contributed by atoms with E-state index in [1.54, 1.807) is 34.6 Å². The smallest absolute Gasteiger partial charge is 0.329 e. The highest BCUT2D eigenvalue weighted by atomic mass is 16.6. The zero-order valence-corrected chi connectivity index (χ0v) is 33.0. The predicted octanol–water partition coefficient (Wildman–Crippen LogP) is 3.99. The molecule has 0 aliphatic carbocycles. The van der Waals surface area contributed by atoms with E-state index in [0.717, 1.165) is 5.56 Å². The number of fused-ring (bicyclic) bond motifs is 1. The molecule has 292 valence electrons. The average molecular weight is 737 g/mol. The van der Waals surface area contributed by atoms with Crippen molar-refractivity contribution in [2.45, 2.75) is 130 Å². The van der Waals surface area contributed by atoms with Gasteiger partial charge in [0, 0.05) is 33.5 Å². The number of rotatable bonds is 9. The Morgan fingerprint density at radius 1 is 0.887 bits per heavy atom. The van der Waals surface area contributed by atoms with Crippen LogP contribution in [-0.4, -0.2) is 107 Å². The highest BCUT2D eigenvalue weighted by molar-refractivity contribution is 5.95. The van der Waals surface area contributed by atoms with Gasteiger partial charge in [0.25, 0.3) is 5.91 Å². The Kier molecular flexibility index (Phi) is 15.9. The summed E-state index contributed by atoms with van der Waals surface area (Å²) in [7, 11) is 3.03. The summed E-state index contributed by atoms with van der Waals surface area (Å²) in [4.78, 5) is 89.2. The lowest BCUT2D eigenvalue weighted by Gasteiger charge is -2.37. The molecule has 0 spiro atoms. The van der Waals surface area contributed by atoms with Crippen molar-refractivity contribution < 1.29 is 38.2 Å². The van der Waals surface area contributed by atoms with Gasteiger partial charge in [-0.1, -0.05) is 85.2 Å². The van der Waals surface area contributed by atoms with Gasteiger partial charge in [-0.05, 0) is 49.0 Å². The number of benzene rings is 1. The van der Waals surface area contributed by atoms with Crippen LogP contribution in [0, 0.1) is 36.0 Å². The van der Waals surface area contributed by atoms with E-state index in [9.17, 15) is 28.8 Å². The largest absolute Gasteiger partial charge is 0.460 e.